The van der Waals surface area contributed by atoms with Crippen LogP contribution in [-0.4, -0.2) is 9.97 Å². The number of benzene rings is 1. The van der Waals surface area contributed by atoms with Gasteiger partial charge in [-0.2, -0.15) is 5.26 Å². The molecule has 0 N–H and O–H groups in total. The fraction of sp³-hybridized carbons (Fsp3) is 0. The third kappa shape index (κ3) is 2.08. The molecule has 3 aromatic rings. The van der Waals surface area contributed by atoms with Gasteiger partial charge in [0.1, 0.15) is 6.07 Å². The number of para-hydroxylation sites is 1. The summed E-state index contributed by atoms with van der Waals surface area (Å²) in [6.07, 6.45) is 1.63. The average molecular weight is 269 g/mol. The van der Waals surface area contributed by atoms with Crippen LogP contribution in [0.25, 0.3) is 10.2 Å². The Morgan fingerprint density at radius 1 is 1.17 bits per heavy atom. The number of hydrogen-bond donors (Lipinski definition) is 0. The Bertz CT molecular complexity index is 710. The average Bonchev–Trinajstić information content (AvgIpc) is 2.81. The van der Waals surface area contributed by atoms with Gasteiger partial charge in [0.2, 0.25) is 0 Å². The molecule has 0 fully saturated rings. The van der Waals surface area contributed by atoms with E-state index in [4.69, 9.17) is 5.26 Å². The van der Waals surface area contributed by atoms with Gasteiger partial charge in [0, 0.05) is 6.20 Å². The minimum Gasteiger partial charge on any atom is -0.244 e. The van der Waals surface area contributed by atoms with Crippen LogP contribution in [0.4, 0.5) is 0 Å². The number of thiazole rings is 1. The molecule has 0 saturated heterocycles. The minimum atomic E-state index is 0.446. The van der Waals surface area contributed by atoms with Crippen LogP contribution in [0.5, 0.6) is 0 Å². The number of hydrogen-bond acceptors (Lipinski definition) is 5. The van der Waals surface area contributed by atoms with Crippen molar-refractivity contribution in [1.82, 2.24) is 9.97 Å². The molecule has 0 saturated carbocycles. The summed E-state index contributed by atoms with van der Waals surface area (Å²) in [5.74, 6) is 0. The molecule has 0 spiro atoms. The van der Waals surface area contributed by atoms with E-state index >= 15 is 0 Å². The molecule has 0 aliphatic carbocycles. The normalized spacial score (nSPS) is 10.4. The number of rotatable bonds is 2. The molecule has 0 aliphatic rings. The lowest BCUT2D eigenvalue weighted by atomic mass is 10.3. The van der Waals surface area contributed by atoms with Crippen LogP contribution in [0.1, 0.15) is 5.69 Å². The fourth-order valence-corrected chi connectivity index (χ4v) is 3.62. The van der Waals surface area contributed by atoms with Gasteiger partial charge < -0.3 is 0 Å². The first kappa shape index (κ1) is 11.2. The topological polar surface area (TPSA) is 49.6 Å². The Hall–Kier alpha value is -1.90. The lowest BCUT2D eigenvalue weighted by Gasteiger charge is -1.97. The van der Waals surface area contributed by atoms with Crippen molar-refractivity contribution in [2.45, 2.75) is 9.24 Å². The quantitative estimate of drug-likeness (QED) is 0.711. The van der Waals surface area contributed by atoms with Gasteiger partial charge in [-0.25, -0.2) is 9.97 Å². The van der Waals surface area contributed by atoms with Gasteiger partial charge in [-0.3, -0.25) is 0 Å². The lowest BCUT2D eigenvalue weighted by Crippen LogP contribution is -1.84. The number of nitrogens with zero attached hydrogens (tertiary/aromatic N) is 3. The van der Waals surface area contributed by atoms with Gasteiger partial charge in [-0.15, -0.1) is 11.3 Å². The van der Waals surface area contributed by atoms with Crippen LogP contribution in [0.2, 0.25) is 0 Å². The second-order valence-electron chi connectivity index (χ2n) is 3.51. The van der Waals surface area contributed by atoms with E-state index in [0.717, 1.165) is 19.5 Å². The summed E-state index contributed by atoms with van der Waals surface area (Å²) in [5, 5.41) is 8.99. The van der Waals surface area contributed by atoms with Crippen molar-refractivity contribution in [1.29, 1.82) is 5.26 Å². The number of aromatic nitrogens is 2. The van der Waals surface area contributed by atoms with Crippen molar-refractivity contribution < 1.29 is 0 Å². The van der Waals surface area contributed by atoms with Crippen LogP contribution in [0.3, 0.4) is 0 Å². The first-order valence-corrected chi connectivity index (χ1v) is 6.88. The summed E-state index contributed by atoms with van der Waals surface area (Å²) in [4.78, 5) is 9.42. The van der Waals surface area contributed by atoms with Crippen LogP contribution in [0, 0.1) is 11.3 Å². The number of fused-ring (bicyclic) bond motifs is 1. The van der Waals surface area contributed by atoms with Crippen molar-refractivity contribution in [2.24, 2.45) is 0 Å². The smallest absolute Gasteiger partial charge is 0.156 e. The summed E-state index contributed by atoms with van der Waals surface area (Å²) in [6.45, 7) is 0. The Balaban J connectivity index is 1.99. The molecule has 5 heteroatoms. The third-order valence-corrected chi connectivity index (χ3v) is 4.49. The van der Waals surface area contributed by atoms with Gasteiger partial charge in [0.25, 0.3) is 0 Å². The van der Waals surface area contributed by atoms with E-state index in [1.54, 1.807) is 17.5 Å². The zero-order valence-electron chi connectivity index (χ0n) is 9.20. The fourth-order valence-electron chi connectivity index (χ4n) is 1.55. The standard InChI is InChI=1S/C13H7N3S2/c14-8-10-12(6-3-7-15-10)18-13-16-9-4-1-2-5-11(9)17-13/h1-7H. The highest BCUT2D eigenvalue weighted by molar-refractivity contribution is 8.01. The molecular weight excluding hydrogens is 262 g/mol. The second kappa shape index (κ2) is 4.77. The van der Waals surface area contributed by atoms with Gasteiger partial charge in [-0.05, 0) is 24.3 Å². The summed E-state index contributed by atoms with van der Waals surface area (Å²) < 4.78 is 2.09. The maximum absolute atomic E-state index is 8.99. The molecule has 1 aromatic carbocycles. The van der Waals surface area contributed by atoms with Crippen LogP contribution < -0.4 is 0 Å². The highest BCUT2D eigenvalue weighted by Gasteiger charge is 2.08. The van der Waals surface area contributed by atoms with Gasteiger partial charge >= 0.3 is 0 Å². The molecule has 2 aromatic heterocycles. The molecule has 18 heavy (non-hydrogen) atoms. The van der Waals surface area contributed by atoms with Gasteiger partial charge in [0.05, 0.1) is 15.1 Å². The summed E-state index contributed by atoms with van der Waals surface area (Å²) in [6, 6.07) is 13.8. The van der Waals surface area contributed by atoms with E-state index < -0.39 is 0 Å². The molecule has 0 atom stereocenters. The SMILES string of the molecule is N#Cc1ncccc1Sc1nc2ccccc2s1. The molecular formula is C13H7N3S2. The monoisotopic (exact) mass is 269 g/mol. The van der Waals surface area contributed by atoms with Crippen molar-refractivity contribution in [3.05, 3.63) is 48.3 Å². The Kier molecular flexibility index (Phi) is 2.97. The predicted octanol–water partition coefficient (Wildman–Crippen LogP) is 3.71. The Morgan fingerprint density at radius 3 is 2.89 bits per heavy atom. The Morgan fingerprint density at radius 2 is 2.06 bits per heavy atom. The molecule has 3 rings (SSSR count). The van der Waals surface area contributed by atoms with Crippen LogP contribution in [-0.2, 0) is 0 Å². The molecule has 0 radical (unpaired) electrons. The van der Waals surface area contributed by atoms with E-state index in [1.165, 1.54) is 11.8 Å². The van der Waals surface area contributed by atoms with Crippen LogP contribution in [0.15, 0.2) is 51.8 Å². The number of nitriles is 1. The predicted molar refractivity (Wildman–Crippen MR) is 72.7 cm³/mol. The maximum Gasteiger partial charge on any atom is 0.156 e. The Labute approximate surface area is 112 Å². The summed E-state index contributed by atoms with van der Waals surface area (Å²) in [7, 11) is 0. The van der Waals surface area contributed by atoms with Crippen molar-refractivity contribution in [2.75, 3.05) is 0 Å². The molecule has 0 unspecified atom stereocenters. The van der Waals surface area contributed by atoms with Crippen molar-refractivity contribution in [3.8, 4) is 6.07 Å². The van der Waals surface area contributed by atoms with Crippen LogP contribution >= 0.6 is 23.1 Å². The molecule has 3 nitrogen and oxygen atoms in total. The number of pyridine rings is 1. The summed E-state index contributed by atoms with van der Waals surface area (Å²) in [5.41, 5.74) is 1.44. The molecule has 2 heterocycles. The van der Waals surface area contributed by atoms with E-state index in [2.05, 4.69) is 16.0 Å². The van der Waals surface area contributed by atoms with E-state index in [0.29, 0.717) is 5.69 Å². The van der Waals surface area contributed by atoms with E-state index in [9.17, 15) is 0 Å². The van der Waals surface area contributed by atoms with E-state index in [-0.39, 0.29) is 0 Å². The highest BCUT2D eigenvalue weighted by atomic mass is 32.2. The molecule has 86 valence electrons. The molecule has 0 amide bonds. The molecule has 0 bridgehead atoms. The molecule has 0 aliphatic heterocycles. The van der Waals surface area contributed by atoms with Crippen molar-refractivity contribution in [3.63, 3.8) is 0 Å². The zero-order chi connectivity index (χ0) is 12.4. The highest BCUT2D eigenvalue weighted by Crippen LogP contribution is 2.34. The largest absolute Gasteiger partial charge is 0.244 e. The lowest BCUT2D eigenvalue weighted by molar-refractivity contribution is 1.17. The third-order valence-electron chi connectivity index (χ3n) is 2.35. The van der Waals surface area contributed by atoms with Crippen molar-refractivity contribution >= 4 is 33.3 Å². The first-order valence-electron chi connectivity index (χ1n) is 5.25. The minimum absolute atomic E-state index is 0.446. The first-order chi connectivity index (χ1) is 8.86. The second-order valence-corrected chi connectivity index (χ2v) is 5.83. The summed E-state index contributed by atoms with van der Waals surface area (Å²) >= 11 is 3.11. The van der Waals surface area contributed by atoms with Gasteiger partial charge in [0.15, 0.2) is 10.0 Å². The van der Waals surface area contributed by atoms with E-state index in [1.807, 2.05) is 36.4 Å². The maximum atomic E-state index is 8.99. The van der Waals surface area contributed by atoms with Gasteiger partial charge in [-0.1, -0.05) is 23.9 Å². The zero-order valence-corrected chi connectivity index (χ0v) is 10.8.